The smallest absolute Gasteiger partial charge is 0.412 e. The highest BCUT2D eigenvalue weighted by atomic mass is 16.6. The van der Waals surface area contributed by atoms with Gasteiger partial charge in [-0.25, -0.2) is 14.8 Å². The highest BCUT2D eigenvalue weighted by Gasteiger charge is 2.18. The second kappa shape index (κ2) is 14.6. The Kier molecular flexibility index (Phi) is 10.6. The molecule has 44 heavy (non-hydrogen) atoms. The molecule has 1 heterocycles. The van der Waals surface area contributed by atoms with Crippen molar-refractivity contribution in [3.63, 3.8) is 0 Å². The Labute approximate surface area is 258 Å². The summed E-state index contributed by atoms with van der Waals surface area (Å²) in [6.07, 6.45) is 2.71. The van der Waals surface area contributed by atoms with Crippen LogP contribution in [0.3, 0.4) is 0 Å². The van der Waals surface area contributed by atoms with E-state index in [-0.39, 0.29) is 5.91 Å². The van der Waals surface area contributed by atoms with E-state index >= 15 is 0 Å². The number of rotatable bonds is 12. The number of hydrogen-bond donors (Lipinski definition) is 4. The fourth-order valence-corrected chi connectivity index (χ4v) is 4.43. The molecule has 230 valence electrons. The van der Waals surface area contributed by atoms with Gasteiger partial charge in [0.05, 0.1) is 17.8 Å². The third kappa shape index (κ3) is 8.84. The highest BCUT2D eigenvalue weighted by Crippen LogP contribution is 2.31. The molecule has 0 saturated carbocycles. The van der Waals surface area contributed by atoms with Gasteiger partial charge in [-0.1, -0.05) is 32.0 Å². The first kappa shape index (κ1) is 32.1. The van der Waals surface area contributed by atoms with Crippen LogP contribution in [0.1, 0.15) is 65.0 Å². The van der Waals surface area contributed by atoms with Crippen LogP contribution in [0.25, 0.3) is 22.3 Å². The van der Waals surface area contributed by atoms with Crippen molar-refractivity contribution in [1.29, 1.82) is 5.41 Å². The third-order valence-corrected chi connectivity index (χ3v) is 6.36. The van der Waals surface area contributed by atoms with Crippen LogP contribution in [0, 0.1) is 5.41 Å². The zero-order valence-electron chi connectivity index (χ0n) is 25.9. The van der Waals surface area contributed by atoms with Gasteiger partial charge < -0.3 is 25.5 Å². The second-order valence-electron chi connectivity index (χ2n) is 11.4. The number of carbonyl (C=O) groups excluding carboxylic acids is 2. The summed E-state index contributed by atoms with van der Waals surface area (Å²) in [5.74, 6) is 1.000. The monoisotopic (exact) mass is 596 g/mol. The minimum absolute atomic E-state index is 0.0455. The van der Waals surface area contributed by atoms with E-state index in [0.29, 0.717) is 53.9 Å². The fraction of sp³-hybridized carbons (Fsp3) is 0.324. The molecular formula is C34H40N6O4. The maximum absolute atomic E-state index is 12.4. The normalized spacial score (nSPS) is 11.2. The zero-order valence-corrected chi connectivity index (χ0v) is 25.9. The summed E-state index contributed by atoms with van der Waals surface area (Å²) < 4.78 is 11.1. The molecule has 0 aliphatic rings. The summed E-state index contributed by atoms with van der Waals surface area (Å²) in [6, 6.07) is 18.7. The predicted molar refractivity (Wildman–Crippen MR) is 176 cm³/mol. The number of ether oxygens (including phenoxy) is 2. The van der Waals surface area contributed by atoms with Gasteiger partial charge in [-0.15, -0.1) is 0 Å². The fourth-order valence-electron chi connectivity index (χ4n) is 4.43. The van der Waals surface area contributed by atoms with Crippen molar-refractivity contribution < 1.29 is 19.1 Å². The molecule has 4 aromatic rings. The van der Waals surface area contributed by atoms with Crippen molar-refractivity contribution in [3.05, 3.63) is 71.8 Å². The maximum atomic E-state index is 12.4. The van der Waals surface area contributed by atoms with E-state index in [1.54, 1.807) is 39.0 Å². The van der Waals surface area contributed by atoms with Crippen molar-refractivity contribution in [2.75, 3.05) is 22.6 Å². The van der Waals surface area contributed by atoms with Crippen LogP contribution in [0.2, 0.25) is 0 Å². The molecule has 0 unspecified atom stereocenters. The van der Waals surface area contributed by atoms with Crippen molar-refractivity contribution in [1.82, 2.24) is 9.97 Å². The van der Waals surface area contributed by atoms with Gasteiger partial charge in [0.25, 0.3) is 0 Å². The standard InChI is InChI=1S/C34H40N6O4/c1-6-9-30(41)36-25-11-8-10-23(18-25)31-38-29-14-12-22(21-43-16-7-2)17-27(29)32(40-31)37-26-13-15-28(24(19-26)20-35)39-33(42)44-34(3,4)5/h8,10-15,17-20,35H,6-7,9,16,21H2,1-5H3,(H,36,41)(H,39,42)(H,37,38,40). The number of benzene rings is 3. The van der Waals surface area contributed by atoms with E-state index in [9.17, 15) is 9.59 Å². The van der Waals surface area contributed by atoms with E-state index < -0.39 is 11.7 Å². The minimum atomic E-state index is -0.650. The molecule has 4 rings (SSSR count). The highest BCUT2D eigenvalue weighted by molar-refractivity contribution is 5.97. The summed E-state index contributed by atoms with van der Waals surface area (Å²) in [5, 5.41) is 17.8. The minimum Gasteiger partial charge on any atom is -0.444 e. The largest absolute Gasteiger partial charge is 0.444 e. The number of anilines is 4. The lowest BCUT2D eigenvalue weighted by atomic mass is 10.1. The quantitative estimate of drug-likeness (QED) is 0.0958. The first-order valence-corrected chi connectivity index (χ1v) is 14.8. The van der Waals surface area contributed by atoms with Crippen LogP contribution >= 0.6 is 0 Å². The predicted octanol–water partition coefficient (Wildman–Crippen LogP) is 8.05. The number of fused-ring (bicyclic) bond motifs is 1. The molecule has 0 aliphatic carbocycles. The van der Waals surface area contributed by atoms with Crippen molar-refractivity contribution in [2.24, 2.45) is 0 Å². The molecule has 0 saturated heterocycles. The molecule has 10 nitrogen and oxygen atoms in total. The average molecular weight is 597 g/mol. The van der Waals surface area contributed by atoms with Crippen LogP contribution < -0.4 is 16.0 Å². The summed E-state index contributed by atoms with van der Waals surface area (Å²) in [5.41, 5.74) is 4.09. The SMILES string of the molecule is CCCOCc1ccc2nc(-c3cccc(NC(=O)CCC)c3)nc(Nc3ccc(NC(=O)OC(C)(C)C)c(C=N)c3)c2c1. The van der Waals surface area contributed by atoms with E-state index in [0.717, 1.165) is 34.9 Å². The summed E-state index contributed by atoms with van der Waals surface area (Å²) in [7, 11) is 0. The van der Waals surface area contributed by atoms with E-state index in [2.05, 4.69) is 22.9 Å². The van der Waals surface area contributed by atoms with Crippen LogP contribution in [-0.4, -0.2) is 40.4 Å². The third-order valence-electron chi connectivity index (χ3n) is 6.36. The molecule has 0 fully saturated rings. The average Bonchev–Trinajstić information content (AvgIpc) is 2.97. The lowest BCUT2D eigenvalue weighted by Gasteiger charge is -2.20. The Morgan fingerprint density at radius 2 is 1.75 bits per heavy atom. The second-order valence-corrected chi connectivity index (χ2v) is 11.4. The first-order chi connectivity index (χ1) is 21.1. The van der Waals surface area contributed by atoms with Crippen LogP contribution in [0.15, 0.2) is 60.7 Å². The number of carbonyl (C=O) groups is 2. The Morgan fingerprint density at radius 1 is 0.932 bits per heavy atom. The van der Waals surface area contributed by atoms with Crippen LogP contribution in [0.4, 0.5) is 27.7 Å². The Morgan fingerprint density at radius 3 is 2.48 bits per heavy atom. The van der Waals surface area contributed by atoms with Gasteiger partial charge in [0.2, 0.25) is 5.91 Å². The number of nitrogens with zero attached hydrogens (tertiary/aromatic N) is 2. The Bertz CT molecular complexity index is 1650. The molecule has 2 amide bonds. The molecule has 0 bridgehead atoms. The number of nitrogens with one attached hydrogen (secondary N) is 4. The van der Waals surface area contributed by atoms with E-state index in [4.69, 9.17) is 24.9 Å². The van der Waals surface area contributed by atoms with Crippen molar-refractivity contribution in [2.45, 2.75) is 66.1 Å². The van der Waals surface area contributed by atoms with Crippen molar-refractivity contribution in [3.8, 4) is 11.4 Å². The number of aromatic nitrogens is 2. The van der Waals surface area contributed by atoms with Gasteiger partial charge in [-0.2, -0.15) is 0 Å². The van der Waals surface area contributed by atoms with Crippen molar-refractivity contribution >= 4 is 52.0 Å². The lowest BCUT2D eigenvalue weighted by Crippen LogP contribution is -2.27. The summed E-state index contributed by atoms with van der Waals surface area (Å²) in [4.78, 5) is 34.3. The molecule has 1 aromatic heterocycles. The molecule has 0 radical (unpaired) electrons. The molecule has 4 N–H and O–H groups in total. The maximum Gasteiger partial charge on any atom is 0.412 e. The summed E-state index contributed by atoms with van der Waals surface area (Å²) >= 11 is 0. The molecule has 0 aliphatic heterocycles. The topological polar surface area (TPSA) is 138 Å². The number of amides is 2. The molecule has 0 atom stereocenters. The van der Waals surface area contributed by atoms with Gasteiger partial charge in [0, 0.05) is 47.1 Å². The van der Waals surface area contributed by atoms with Crippen LogP contribution in [-0.2, 0) is 20.9 Å². The van der Waals surface area contributed by atoms with Crippen LogP contribution in [0.5, 0.6) is 0 Å². The first-order valence-electron chi connectivity index (χ1n) is 14.8. The van der Waals surface area contributed by atoms with E-state index in [1.165, 1.54) is 6.21 Å². The van der Waals surface area contributed by atoms with Gasteiger partial charge >= 0.3 is 6.09 Å². The van der Waals surface area contributed by atoms with E-state index in [1.807, 2.05) is 49.4 Å². The number of hydrogen-bond acceptors (Lipinski definition) is 8. The molecule has 10 heteroatoms. The Hall–Kier alpha value is -4.83. The molecule has 3 aromatic carbocycles. The molecule has 0 spiro atoms. The lowest BCUT2D eigenvalue weighted by molar-refractivity contribution is -0.116. The molecular weight excluding hydrogens is 556 g/mol. The zero-order chi connectivity index (χ0) is 31.7. The van der Waals surface area contributed by atoms with Gasteiger partial charge in [-0.05, 0) is 81.6 Å². The van der Waals surface area contributed by atoms with Gasteiger partial charge in [0.15, 0.2) is 5.82 Å². The summed E-state index contributed by atoms with van der Waals surface area (Å²) in [6.45, 7) is 10.5. The van der Waals surface area contributed by atoms with Gasteiger partial charge in [0.1, 0.15) is 11.4 Å². The Balaban J connectivity index is 1.72. The van der Waals surface area contributed by atoms with Gasteiger partial charge in [-0.3, -0.25) is 10.1 Å².